The van der Waals surface area contributed by atoms with Crippen molar-refractivity contribution in [2.75, 3.05) is 6.54 Å². The average molecular weight is 269 g/mol. The van der Waals surface area contributed by atoms with E-state index >= 15 is 0 Å². The smallest absolute Gasteiger partial charge is 0.0649 e. The predicted octanol–water partition coefficient (Wildman–Crippen LogP) is 4.70. The Labute approximate surface area is 113 Å². The van der Waals surface area contributed by atoms with Gasteiger partial charge in [-0.05, 0) is 48.7 Å². The van der Waals surface area contributed by atoms with Crippen molar-refractivity contribution in [3.8, 4) is 0 Å². The molecule has 3 heteroatoms. The van der Waals surface area contributed by atoms with Gasteiger partial charge in [-0.3, -0.25) is 0 Å². The Morgan fingerprint density at radius 2 is 2.29 bits per heavy atom. The molecule has 0 amide bonds. The van der Waals surface area contributed by atoms with Gasteiger partial charge in [0.1, 0.15) is 0 Å². The van der Waals surface area contributed by atoms with Crippen LogP contribution in [0.25, 0.3) is 0 Å². The first-order valence-electron chi connectivity index (χ1n) is 6.64. The zero-order chi connectivity index (χ0) is 12.3. The fraction of sp³-hybridized carbons (Fsp3) is 0.714. The zero-order valence-corrected chi connectivity index (χ0v) is 12.7. The summed E-state index contributed by atoms with van der Waals surface area (Å²) in [5.74, 6) is 0.828. The maximum Gasteiger partial charge on any atom is 0.0649 e. The van der Waals surface area contributed by atoms with Crippen molar-refractivity contribution >= 4 is 23.1 Å². The average Bonchev–Trinajstić information content (AvgIpc) is 2.71. The minimum Gasteiger partial charge on any atom is -0.310 e. The third-order valence-electron chi connectivity index (χ3n) is 3.26. The quantitative estimate of drug-likeness (QED) is 0.778. The van der Waals surface area contributed by atoms with Gasteiger partial charge in [0.2, 0.25) is 0 Å². The van der Waals surface area contributed by atoms with Crippen LogP contribution in [-0.4, -0.2) is 11.8 Å². The van der Waals surface area contributed by atoms with Crippen LogP contribution in [0.15, 0.2) is 15.7 Å². The van der Waals surface area contributed by atoms with Crippen LogP contribution in [0.5, 0.6) is 0 Å². The molecular weight excluding hydrogens is 246 g/mol. The first-order chi connectivity index (χ1) is 8.16. The molecule has 0 aromatic carbocycles. The van der Waals surface area contributed by atoms with Crippen LogP contribution in [-0.2, 0) is 0 Å². The molecular formula is C14H23NS2. The van der Waals surface area contributed by atoms with E-state index in [4.69, 9.17) is 0 Å². The van der Waals surface area contributed by atoms with Crippen LogP contribution in [0.2, 0.25) is 0 Å². The second-order valence-corrected chi connectivity index (χ2v) is 7.99. The summed E-state index contributed by atoms with van der Waals surface area (Å²) in [6.45, 7) is 8.11. The summed E-state index contributed by atoms with van der Waals surface area (Å²) in [5, 5.41) is 6.73. The maximum absolute atomic E-state index is 3.74. The second-order valence-electron chi connectivity index (χ2n) is 5.37. The van der Waals surface area contributed by atoms with Crippen molar-refractivity contribution in [1.29, 1.82) is 0 Å². The summed E-state index contributed by atoms with van der Waals surface area (Å²) in [6, 6.07) is 2.90. The highest BCUT2D eigenvalue weighted by Gasteiger charge is 2.25. The molecule has 1 aromatic heterocycles. The highest BCUT2D eigenvalue weighted by Crippen LogP contribution is 2.43. The van der Waals surface area contributed by atoms with Gasteiger partial charge in [0, 0.05) is 11.3 Å². The Kier molecular flexibility index (Phi) is 4.95. The molecule has 1 unspecified atom stereocenters. The second kappa shape index (κ2) is 6.26. The lowest BCUT2D eigenvalue weighted by molar-refractivity contribution is 0.457. The molecule has 0 radical (unpaired) electrons. The molecule has 0 spiro atoms. The molecule has 2 rings (SSSR count). The Morgan fingerprint density at radius 1 is 1.47 bits per heavy atom. The van der Waals surface area contributed by atoms with Crippen LogP contribution in [0, 0.1) is 5.92 Å². The van der Waals surface area contributed by atoms with Crippen molar-refractivity contribution < 1.29 is 0 Å². The van der Waals surface area contributed by atoms with Crippen LogP contribution in [0.3, 0.4) is 0 Å². The number of hydrogen-bond donors (Lipinski definition) is 1. The fourth-order valence-corrected chi connectivity index (χ4v) is 4.90. The Balaban J connectivity index is 1.85. The van der Waals surface area contributed by atoms with E-state index in [-0.39, 0.29) is 0 Å². The number of fused-ring (bicyclic) bond motifs is 1. The van der Waals surface area contributed by atoms with Crippen LogP contribution in [0.4, 0.5) is 0 Å². The summed E-state index contributed by atoms with van der Waals surface area (Å²) < 4.78 is 1.53. The summed E-state index contributed by atoms with van der Waals surface area (Å²) in [6.07, 6.45) is 3.91. The van der Waals surface area contributed by atoms with Gasteiger partial charge in [0.15, 0.2) is 0 Å². The molecule has 17 heavy (non-hydrogen) atoms. The van der Waals surface area contributed by atoms with Gasteiger partial charge in [0.25, 0.3) is 0 Å². The minimum atomic E-state index is 0.597. The van der Waals surface area contributed by atoms with E-state index in [1.54, 1.807) is 5.56 Å². The standard InChI is InChI=1S/C14H23NS2/c1-10(2)5-4-7-15-13-9-11(3)17-14-12(13)6-8-16-14/h6,8,10-11,13,15H,4-5,7,9H2,1-3H3/t11-,13?/m0/s1. The zero-order valence-electron chi connectivity index (χ0n) is 11.0. The minimum absolute atomic E-state index is 0.597. The molecule has 2 heterocycles. The van der Waals surface area contributed by atoms with Gasteiger partial charge in [-0.2, -0.15) is 0 Å². The van der Waals surface area contributed by atoms with Gasteiger partial charge >= 0.3 is 0 Å². The van der Waals surface area contributed by atoms with E-state index in [1.807, 2.05) is 23.1 Å². The molecule has 1 aliphatic heterocycles. The Hall–Kier alpha value is 0.0100. The van der Waals surface area contributed by atoms with Crippen molar-refractivity contribution in [3.63, 3.8) is 0 Å². The van der Waals surface area contributed by atoms with Crippen molar-refractivity contribution in [3.05, 3.63) is 17.0 Å². The molecule has 0 saturated carbocycles. The largest absolute Gasteiger partial charge is 0.310 e. The number of hydrogen-bond acceptors (Lipinski definition) is 3. The van der Waals surface area contributed by atoms with E-state index in [0.29, 0.717) is 6.04 Å². The van der Waals surface area contributed by atoms with E-state index in [9.17, 15) is 0 Å². The number of thioether (sulfide) groups is 1. The summed E-state index contributed by atoms with van der Waals surface area (Å²) in [7, 11) is 0. The highest BCUT2D eigenvalue weighted by atomic mass is 32.2. The molecule has 96 valence electrons. The normalized spacial score (nSPS) is 24.0. The van der Waals surface area contributed by atoms with E-state index in [0.717, 1.165) is 17.7 Å². The molecule has 0 bridgehead atoms. The van der Waals surface area contributed by atoms with Gasteiger partial charge in [-0.15, -0.1) is 23.1 Å². The molecule has 2 atom stereocenters. The van der Waals surface area contributed by atoms with Crippen LogP contribution >= 0.6 is 23.1 Å². The number of thiophene rings is 1. The SMILES string of the molecule is CC(C)CCCNC1C[C@H](C)Sc2sccc21. The van der Waals surface area contributed by atoms with E-state index < -0.39 is 0 Å². The molecule has 1 nitrogen and oxygen atoms in total. The van der Waals surface area contributed by atoms with Gasteiger partial charge < -0.3 is 5.32 Å². The van der Waals surface area contributed by atoms with Crippen molar-refractivity contribution in [2.24, 2.45) is 5.92 Å². The Morgan fingerprint density at radius 3 is 3.06 bits per heavy atom. The lowest BCUT2D eigenvalue weighted by Crippen LogP contribution is -2.27. The molecule has 0 fully saturated rings. The van der Waals surface area contributed by atoms with Crippen LogP contribution < -0.4 is 5.32 Å². The third-order valence-corrected chi connectivity index (χ3v) is 5.60. The molecule has 1 N–H and O–H groups in total. The van der Waals surface area contributed by atoms with Gasteiger partial charge in [0.05, 0.1) is 4.21 Å². The van der Waals surface area contributed by atoms with Gasteiger partial charge in [-0.1, -0.05) is 20.8 Å². The first-order valence-corrected chi connectivity index (χ1v) is 8.40. The number of nitrogens with one attached hydrogen (secondary N) is 1. The van der Waals surface area contributed by atoms with E-state index in [2.05, 4.69) is 37.5 Å². The first kappa shape index (κ1) is 13.4. The van der Waals surface area contributed by atoms with E-state index in [1.165, 1.54) is 23.5 Å². The summed E-state index contributed by atoms with van der Waals surface area (Å²) in [4.78, 5) is 0. The molecule has 0 saturated heterocycles. The number of rotatable bonds is 5. The highest BCUT2D eigenvalue weighted by molar-refractivity contribution is 8.01. The van der Waals surface area contributed by atoms with Gasteiger partial charge in [-0.25, -0.2) is 0 Å². The molecule has 0 aliphatic carbocycles. The maximum atomic E-state index is 3.74. The van der Waals surface area contributed by atoms with Crippen molar-refractivity contribution in [1.82, 2.24) is 5.32 Å². The molecule has 1 aliphatic rings. The fourth-order valence-electron chi connectivity index (χ4n) is 2.33. The lowest BCUT2D eigenvalue weighted by atomic mass is 10.0. The summed E-state index contributed by atoms with van der Waals surface area (Å²) in [5.41, 5.74) is 1.54. The predicted molar refractivity (Wildman–Crippen MR) is 79.1 cm³/mol. The Bertz CT molecular complexity index is 346. The lowest BCUT2D eigenvalue weighted by Gasteiger charge is -2.27. The van der Waals surface area contributed by atoms with Crippen LogP contribution in [0.1, 0.15) is 51.6 Å². The van der Waals surface area contributed by atoms with Crippen molar-refractivity contribution in [2.45, 2.75) is 55.5 Å². The summed E-state index contributed by atoms with van der Waals surface area (Å²) >= 11 is 3.94. The topological polar surface area (TPSA) is 12.0 Å². The third kappa shape index (κ3) is 3.73. The molecule has 1 aromatic rings. The monoisotopic (exact) mass is 269 g/mol.